The fraction of sp³-hybridized carbons (Fsp3) is 0.471. The van der Waals surface area contributed by atoms with Crippen LogP contribution in [0.1, 0.15) is 31.0 Å². The number of benzene rings is 1. The molecule has 0 radical (unpaired) electrons. The molecule has 21 heavy (non-hydrogen) atoms. The van der Waals surface area contributed by atoms with Gasteiger partial charge in [-0.3, -0.25) is 4.90 Å². The van der Waals surface area contributed by atoms with Gasteiger partial charge in [0.2, 0.25) is 0 Å². The van der Waals surface area contributed by atoms with E-state index >= 15 is 0 Å². The predicted molar refractivity (Wildman–Crippen MR) is 90.8 cm³/mol. The Bertz CT molecular complexity index is 592. The minimum atomic E-state index is 0.487. The molecule has 4 heteroatoms. The van der Waals surface area contributed by atoms with Crippen molar-refractivity contribution in [2.45, 2.75) is 32.2 Å². The molecule has 1 aliphatic rings. The van der Waals surface area contributed by atoms with Crippen LogP contribution in [-0.4, -0.2) is 23.0 Å². The van der Waals surface area contributed by atoms with Crippen molar-refractivity contribution >= 4 is 22.9 Å². The summed E-state index contributed by atoms with van der Waals surface area (Å²) in [6.45, 7) is 5.65. The molecule has 2 aromatic rings. The number of halogens is 1. The van der Waals surface area contributed by atoms with Gasteiger partial charge < -0.3 is 0 Å². The maximum atomic E-state index is 5.84. The summed E-state index contributed by atoms with van der Waals surface area (Å²) in [7, 11) is 0. The number of hydrogen-bond acceptors (Lipinski definition) is 3. The third-order valence-electron chi connectivity index (χ3n) is 3.93. The van der Waals surface area contributed by atoms with E-state index in [4.69, 9.17) is 11.6 Å². The molecule has 3 rings (SSSR count). The molecule has 1 aromatic heterocycles. The molecule has 1 aromatic carbocycles. The van der Waals surface area contributed by atoms with Crippen LogP contribution in [0.5, 0.6) is 0 Å². The average Bonchev–Trinajstić information content (AvgIpc) is 3.20. The fourth-order valence-electron chi connectivity index (χ4n) is 2.53. The summed E-state index contributed by atoms with van der Waals surface area (Å²) in [6, 6.07) is 8.76. The maximum absolute atomic E-state index is 5.84. The van der Waals surface area contributed by atoms with Crippen LogP contribution in [0.25, 0.3) is 10.6 Å². The van der Waals surface area contributed by atoms with Crippen LogP contribution in [0.4, 0.5) is 0 Å². The highest BCUT2D eigenvalue weighted by Gasteiger charge is 2.23. The number of rotatable bonds is 7. The van der Waals surface area contributed by atoms with Gasteiger partial charge >= 0.3 is 0 Å². The highest BCUT2D eigenvalue weighted by atomic mass is 35.5. The summed E-state index contributed by atoms with van der Waals surface area (Å²) in [5, 5.41) is 3.11. The first-order valence-corrected chi connectivity index (χ1v) is 9.02. The second-order valence-corrected chi connectivity index (χ2v) is 6.87. The second kappa shape index (κ2) is 6.91. The smallest absolute Gasteiger partial charge is 0.123 e. The van der Waals surface area contributed by atoms with Crippen LogP contribution < -0.4 is 0 Å². The molecule has 0 spiro atoms. The van der Waals surface area contributed by atoms with Gasteiger partial charge in [0.15, 0.2) is 0 Å². The van der Waals surface area contributed by atoms with Gasteiger partial charge in [0.25, 0.3) is 0 Å². The minimum Gasteiger partial charge on any atom is -0.299 e. The SMILES string of the molecule is CCN(Cc1cccc(-c2nc(CCl)cs2)c1)CC1CC1. The van der Waals surface area contributed by atoms with Gasteiger partial charge in [0, 0.05) is 24.0 Å². The molecule has 0 N–H and O–H groups in total. The van der Waals surface area contributed by atoms with E-state index in [2.05, 4.69) is 41.1 Å². The van der Waals surface area contributed by atoms with Gasteiger partial charge in [-0.2, -0.15) is 0 Å². The molecule has 1 saturated carbocycles. The first kappa shape index (κ1) is 15.0. The van der Waals surface area contributed by atoms with Gasteiger partial charge in [-0.1, -0.05) is 25.1 Å². The quantitative estimate of drug-likeness (QED) is 0.682. The summed E-state index contributed by atoms with van der Waals surface area (Å²) in [5.41, 5.74) is 3.54. The Balaban J connectivity index is 1.72. The lowest BCUT2D eigenvalue weighted by Crippen LogP contribution is -2.25. The molecule has 0 saturated heterocycles. The third-order valence-corrected chi connectivity index (χ3v) is 5.14. The Hall–Kier alpha value is -0.900. The number of alkyl halides is 1. The van der Waals surface area contributed by atoms with Crippen molar-refractivity contribution in [2.75, 3.05) is 13.1 Å². The van der Waals surface area contributed by atoms with Gasteiger partial charge in [-0.05, 0) is 36.9 Å². The van der Waals surface area contributed by atoms with Crippen LogP contribution in [0.15, 0.2) is 29.6 Å². The average molecular weight is 321 g/mol. The molecule has 1 aliphatic carbocycles. The monoisotopic (exact) mass is 320 g/mol. The highest BCUT2D eigenvalue weighted by molar-refractivity contribution is 7.13. The van der Waals surface area contributed by atoms with E-state index in [1.807, 2.05) is 5.38 Å². The van der Waals surface area contributed by atoms with Crippen molar-refractivity contribution in [3.8, 4) is 10.6 Å². The fourth-order valence-corrected chi connectivity index (χ4v) is 3.58. The number of thiazole rings is 1. The van der Waals surface area contributed by atoms with E-state index in [0.29, 0.717) is 5.88 Å². The summed E-state index contributed by atoms with van der Waals surface area (Å²) >= 11 is 7.51. The molecule has 1 heterocycles. The molecule has 112 valence electrons. The van der Waals surface area contributed by atoms with E-state index in [9.17, 15) is 0 Å². The minimum absolute atomic E-state index is 0.487. The molecule has 0 aliphatic heterocycles. The first-order valence-electron chi connectivity index (χ1n) is 7.60. The lowest BCUT2D eigenvalue weighted by atomic mass is 10.1. The molecule has 0 amide bonds. The van der Waals surface area contributed by atoms with E-state index in [1.54, 1.807) is 11.3 Å². The molecule has 0 bridgehead atoms. The zero-order valence-corrected chi connectivity index (χ0v) is 14.0. The Kier molecular flexibility index (Phi) is 4.94. The van der Waals surface area contributed by atoms with Crippen molar-refractivity contribution in [1.82, 2.24) is 9.88 Å². The van der Waals surface area contributed by atoms with E-state index in [0.717, 1.165) is 29.7 Å². The van der Waals surface area contributed by atoms with E-state index < -0.39 is 0 Å². The lowest BCUT2D eigenvalue weighted by molar-refractivity contribution is 0.268. The Morgan fingerprint density at radius 3 is 2.90 bits per heavy atom. The summed E-state index contributed by atoms with van der Waals surface area (Å²) < 4.78 is 0. The van der Waals surface area contributed by atoms with Crippen LogP contribution in [0, 0.1) is 5.92 Å². The zero-order valence-electron chi connectivity index (χ0n) is 12.4. The first-order chi connectivity index (χ1) is 10.3. The van der Waals surface area contributed by atoms with Crippen molar-refractivity contribution in [3.63, 3.8) is 0 Å². The van der Waals surface area contributed by atoms with Crippen molar-refractivity contribution in [1.29, 1.82) is 0 Å². The summed E-state index contributed by atoms with van der Waals surface area (Å²) in [6.07, 6.45) is 2.83. The maximum Gasteiger partial charge on any atom is 0.123 e. The van der Waals surface area contributed by atoms with Gasteiger partial charge in [0.05, 0.1) is 11.6 Å². The van der Waals surface area contributed by atoms with E-state index in [1.165, 1.54) is 30.5 Å². The van der Waals surface area contributed by atoms with E-state index in [-0.39, 0.29) is 0 Å². The number of hydrogen-bond donors (Lipinski definition) is 0. The predicted octanol–water partition coefficient (Wildman–Crippen LogP) is 4.78. The van der Waals surface area contributed by atoms with Crippen LogP contribution >= 0.6 is 22.9 Å². The molecule has 1 fully saturated rings. The highest BCUT2D eigenvalue weighted by Crippen LogP contribution is 2.30. The van der Waals surface area contributed by atoms with Crippen molar-refractivity contribution in [2.24, 2.45) is 5.92 Å². The molecular weight excluding hydrogens is 300 g/mol. The van der Waals surface area contributed by atoms with Gasteiger partial charge in [-0.25, -0.2) is 4.98 Å². The van der Waals surface area contributed by atoms with Gasteiger partial charge in [-0.15, -0.1) is 22.9 Å². The number of nitrogens with zero attached hydrogens (tertiary/aromatic N) is 2. The van der Waals surface area contributed by atoms with Crippen molar-refractivity contribution < 1.29 is 0 Å². The standard InChI is InChI=1S/C17H21ClN2S/c1-2-20(10-13-6-7-13)11-14-4-3-5-15(8-14)17-19-16(9-18)12-21-17/h3-5,8,12-13H,2,6-7,9-11H2,1H3. The zero-order chi connectivity index (χ0) is 14.7. The van der Waals surface area contributed by atoms with Crippen LogP contribution in [0.2, 0.25) is 0 Å². The van der Waals surface area contributed by atoms with Crippen LogP contribution in [0.3, 0.4) is 0 Å². The van der Waals surface area contributed by atoms with Gasteiger partial charge in [0.1, 0.15) is 5.01 Å². The third kappa shape index (κ3) is 4.06. The summed E-state index contributed by atoms with van der Waals surface area (Å²) in [5.74, 6) is 1.43. The summed E-state index contributed by atoms with van der Waals surface area (Å²) in [4.78, 5) is 7.12. The molecular formula is C17H21ClN2S. The molecule has 0 unspecified atom stereocenters. The largest absolute Gasteiger partial charge is 0.299 e. The lowest BCUT2D eigenvalue weighted by Gasteiger charge is -2.20. The second-order valence-electron chi connectivity index (χ2n) is 5.75. The molecule has 0 atom stereocenters. The Labute approximate surface area is 135 Å². The van der Waals surface area contributed by atoms with Crippen molar-refractivity contribution in [3.05, 3.63) is 40.9 Å². The number of aromatic nitrogens is 1. The van der Waals surface area contributed by atoms with Crippen LogP contribution in [-0.2, 0) is 12.4 Å². The molecule has 2 nitrogen and oxygen atoms in total. The Morgan fingerprint density at radius 1 is 1.38 bits per heavy atom. The topological polar surface area (TPSA) is 16.1 Å². The normalized spacial score (nSPS) is 14.8. The Morgan fingerprint density at radius 2 is 2.24 bits per heavy atom.